The number of furan rings is 1. The molecule has 0 radical (unpaired) electrons. The van der Waals surface area contributed by atoms with Gasteiger partial charge < -0.3 is 19.6 Å². The van der Waals surface area contributed by atoms with E-state index in [0.717, 1.165) is 6.54 Å². The van der Waals surface area contributed by atoms with Crippen molar-refractivity contribution >= 4 is 10.0 Å². The Labute approximate surface area is 119 Å². The molecule has 1 unspecified atom stereocenters. The van der Waals surface area contributed by atoms with Gasteiger partial charge >= 0.3 is 0 Å². The van der Waals surface area contributed by atoms with Gasteiger partial charge in [0.2, 0.25) is 5.09 Å². The van der Waals surface area contributed by atoms with E-state index < -0.39 is 16.1 Å². The smallest absolute Gasteiger partial charge is 0.274 e. The van der Waals surface area contributed by atoms with Gasteiger partial charge in [0.05, 0.1) is 13.2 Å². The van der Waals surface area contributed by atoms with E-state index in [-0.39, 0.29) is 24.7 Å². The first-order valence-corrected chi connectivity index (χ1v) is 7.93. The summed E-state index contributed by atoms with van der Waals surface area (Å²) in [6, 6.07) is 2.55. The number of nitrogens with one attached hydrogen (secondary N) is 2. The van der Waals surface area contributed by atoms with Crippen LogP contribution >= 0.6 is 0 Å². The summed E-state index contributed by atoms with van der Waals surface area (Å²) in [4.78, 5) is 0. The number of methoxy groups -OCH3 is 1. The Morgan fingerprint density at radius 1 is 1.45 bits per heavy atom. The average Bonchev–Trinajstić information content (AvgIpc) is 2.86. The van der Waals surface area contributed by atoms with Crippen LogP contribution in [0.2, 0.25) is 0 Å². The monoisotopic (exact) mass is 306 g/mol. The molecule has 8 heteroatoms. The first-order valence-electron chi connectivity index (χ1n) is 6.45. The topological polar surface area (TPSA) is 101 Å². The van der Waals surface area contributed by atoms with Crippen LogP contribution in [0.3, 0.4) is 0 Å². The fourth-order valence-electron chi connectivity index (χ4n) is 1.66. The molecule has 0 saturated heterocycles. The molecule has 1 aromatic rings. The highest BCUT2D eigenvalue weighted by atomic mass is 32.2. The van der Waals surface area contributed by atoms with Crippen molar-refractivity contribution in [2.45, 2.75) is 31.0 Å². The summed E-state index contributed by atoms with van der Waals surface area (Å²) >= 11 is 0. The third-order valence-corrected chi connectivity index (χ3v) is 4.01. The van der Waals surface area contributed by atoms with E-state index >= 15 is 0 Å². The van der Waals surface area contributed by atoms with Crippen molar-refractivity contribution in [3.05, 3.63) is 17.9 Å². The highest BCUT2D eigenvalue weighted by Crippen LogP contribution is 2.14. The third-order valence-electron chi connectivity index (χ3n) is 2.62. The number of hydrogen-bond donors (Lipinski definition) is 3. The van der Waals surface area contributed by atoms with Crippen LogP contribution in [0, 0.1) is 0 Å². The van der Waals surface area contributed by atoms with Gasteiger partial charge in [0.1, 0.15) is 5.76 Å². The zero-order chi connectivity index (χ0) is 15.0. The molecule has 3 N–H and O–H groups in total. The molecule has 116 valence electrons. The van der Waals surface area contributed by atoms with Gasteiger partial charge in [0.15, 0.2) is 0 Å². The number of rotatable bonds is 10. The summed E-state index contributed by atoms with van der Waals surface area (Å²) in [5.74, 6) is 0.553. The maximum Gasteiger partial charge on any atom is 0.274 e. The molecule has 1 atom stereocenters. The Balaban J connectivity index is 2.73. The van der Waals surface area contributed by atoms with Gasteiger partial charge in [0, 0.05) is 19.8 Å². The third kappa shape index (κ3) is 5.22. The van der Waals surface area contributed by atoms with Gasteiger partial charge in [-0.1, -0.05) is 6.92 Å². The summed E-state index contributed by atoms with van der Waals surface area (Å²) in [7, 11) is -2.27. The predicted molar refractivity (Wildman–Crippen MR) is 73.8 cm³/mol. The van der Waals surface area contributed by atoms with E-state index in [1.807, 2.05) is 6.92 Å². The molecule has 1 rings (SSSR count). The molecule has 0 aliphatic carbocycles. The molecule has 20 heavy (non-hydrogen) atoms. The normalized spacial score (nSPS) is 13.6. The van der Waals surface area contributed by atoms with Crippen molar-refractivity contribution in [2.75, 3.05) is 26.9 Å². The van der Waals surface area contributed by atoms with Crippen LogP contribution in [-0.4, -0.2) is 46.4 Å². The first-order chi connectivity index (χ1) is 9.53. The summed E-state index contributed by atoms with van der Waals surface area (Å²) in [5.41, 5.74) is 0. The fraction of sp³-hybridized carbons (Fsp3) is 0.667. The van der Waals surface area contributed by atoms with Crippen molar-refractivity contribution in [1.82, 2.24) is 10.0 Å². The first kappa shape index (κ1) is 17.1. The molecule has 0 aromatic carbocycles. The minimum atomic E-state index is -3.74. The number of hydrogen-bond acceptors (Lipinski definition) is 6. The van der Waals surface area contributed by atoms with E-state index in [4.69, 9.17) is 14.3 Å². The van der Waals surface area contributed by atoms with Gasteiger partial charge in [-0.05, 0) is 25.1 Å². The lowest BCUT2D eigenvalue weighted by Crippen LogP contribution is -2.38. The summed E-state index contributed by atoms with van der Waals surface area (Å²) in [6.07, 6.45) is 0.276. The molecule has 0 amide bonds. The Morgan fingerprint density at radius 2 is 2.20 bits per heavy atom. The maximum atomic E-state index is 12.1. The molecule has 0 aliphatic rings. The lowest BCUT2D eigenvalue weighted by Gasteiger charge is -2.15. The molecule has 0 saturated carbocycles. The zero-order valence-corrected chi connectivity index (χ0v) is 12.6. The van der Waals surface area contributed by atoms with Crippen molar-refractivity contribution in [2.24, 2.45) is 0 Å². The quantitative estimate of drug-likeness (QED) is 0.565. The maximum absolute atomic E-state index is 12.1. The molecule has 0 fully saturated rings. The van der Waals surface area contributed by atoms with E-state index in [2.05, 4.69) is 10.0 Å². The van der Waals surface area contributed by atoms with Crippen molar-refractivity contribution in [3.63, 3.8) is 0 Å². The van der Waals surface area contributed by atoms with Gasteiger partial charge in [-0.2, -0.15) is 0 Å². The highest BCUT2D eigenvalue weighted by Gasteiger charge is 2.23. The molecule has 1 aromatic heterocycles. The SMILES string of the molecule is CCNCc1ccc(S(=O)(=O)NC(CCO)COC)o1. The molecular weight excluding hydrogens is 284 g/mol. The highest BCUT2D eigenvalue weighted by molar-refractivity contribution is 7.89. The summed E-state index contributed by atoms with van der Waals surface area (Å²) in [6.45, 7) is 3.26. The second kappa shape index (κ2) is 8.38. The van der Waals surface area contributed by atoms with Gasteiger partial charge in [-0.3, -0.25) is 0 Å². The van der Waals surface area contributed by atoms with E-state index in [1.54, 1.807) is 6.07 Å². The van der Waals surface area contributed by atoms with Crippen LogP contribution in [0.5, 0.6) is 0 Å². The van der Waals surface area contributed by atoms with Crippen molar-refractivity contribution < 1.29 is 22.7 Å². The summed E-state index contributed by atoms with van der Waals surface area (Å²) in [5, 5.41) is 11.8. The van der Waals surface area contributed by atoms with Crippen LogP contribution in [-0.2, 0) is 21.3 Å². The van der Waals surface area contributed by atoms with Crippen LogP contribution in [0.15, 0.2) is 21.6 Å². The fourth-order valence-corrected chi connectivity index (χ4v) is 2.86. The Morgan fingerprint density at radius 3 is 2.80 bits per heavy atom. The van der Waals surface area contributed by atoms with Crippen LogP contribution in [0.25, 0.3) is 0 Å². The average molecular weight is 306 g/mol. The zero-order valence-electron chi connectivity index (χ0n) is 11.8. The molecule has 0 spiro atoms. The molecule has 1 heterocycles. The predicted octanol–water partition coefficient (Wildman–Crippen LogP) is 0.0648. The van der Waals surface area contributed by atoms with Gasteiger partial charge in [-0.15, -0.1) is 0 Å². The van der Waals surface area contributed by atoms with Gasteiger partial charge in [0.25, 0.3) is 10.0 Å². The lowest BCUT2D eigenvalue weighted by atomic mass is 10.2. The number of aliphatic hydroxyl groups excluding tert-OH is 1. The van der Waals surface area contributed by atoms with Crippen LogP contribution in [0.4, 0.5) is 0 Å². The number of ether oxygens (including phenoxy) is 1. The minimum Gasteiger partial charge on any atom is -0.447 e. The largest absolute Gasteiger partial charge is 0.447 e. The summed E-state index contributed by atoms with van der Waals surface area (Å²) < 4.78 is 36.9. The number of aliphatic hydroxyl groups is 1. The van der Waals surface area contributed by atoms with E-state index in [9.17, 15) is 8.42 Å². The molecule has 0 aliphatic heterocycles. The molecule has 7 nitrogen and oxygen atoms in total. The second-order valence-corrected chi connectivity index (χ2v) is 5.93. The standard InChI is InChI=1S/C12H22N2O5S/c1-3-13-8-11-4-5-12(19-11)20(16,17)14-10(6-7-15)9-18-2/h4-5,10,13-15H,3,6-9H2,1-2H3. The van der Waals surface area contributed by atoms with Crippen LogP contribution in [0.1, 0.15) is 19.1 Å². The Kier molecular flexibility index (Phi) is 7.17. The van der Waals surface area contributed by atoms with Crippen LogP contribution < -0.4 is 10.0 Å². The van der Waals surface area contributed by atoms with E-state index in [1.165, 1.54) is 13.2 Å². The van der Waals surface area contributed by atoms with Crippen molar-refractivity contribution in [1.29, 1.82) is 0 Å². The lowest BCUT2D eigenvalue weighted by molar-refractivity contribution is 0.157. The minimum absolute atomic E-state index is 0.125. The van der Waals surface area contributed by atoms with Crippen molar-refractivity contribution in [3.8, 4) is 0 Å². The second-order valence-electron chi connectivity index (χ2n) is 4.29. The van der Waals surface area contributed by atoms with Gasteiger partial charge in [-0.25, -0.2) is 13.1 Å². The Bertz CT molecular complexity index is 480. The molecule has 0 bridgehead atoms. The Hall–Kier alpha value is -0.930. The van der Waals surface area contributed by atoms with E-state index in [0.29, 0.717) is 12.3 Å². The number of sulfonamides is 1. The molecular formula is C12H22N2O5S.